The summed E-state index contributed by atoms with van der Waals surface area (Å²) in [5.74, 6) is 1.91. The van der Waals surface area contributed by atoms with E-state index < -0.39 is 0 Å². The average molecular weight is 272 g/mol. The minimum absolute atomic E-state index is 0.169. The molecule has 0 spiro atoms. The van der Waals surface area contributed by atoms with E-state index in [1.807, 2.05) is 6.07 Å². The molecule has 20 heavy (non-hydrogen) atoms. The Morgan fingerprint density at radius 3 is 2.75 bits per heavy atom. The van der Waals surface area contributed by atoms with Gasteiger partial charge in [-0.15, -0.1) is 0 Å². The zero-order chi connectivity index (χ0) is 14.1. The summed E-state index contributed by atoms with van der Waals surface area (Å²) < 4.78 is 13.3. The van der Waals surface area contributed by atoms with Gasteiger partial charge in [0.25, 0.3) is 0 Å². The van der Waals surface area contributed by atoms with E-state index in [4.69, 9.17) is 4.99 Å². The standard InChI is InChI=1S/C17H21FN2/c1-11-5-3-4-6-14(11)16-10-19-17(20-16)13-7-8-15(18)12(2)9-13/h7-9,11,14H,3-6,10H2,1-2H3. The van der Waals surface area contributed by atoms with Gasteiger partial charge < -0.3 is 0 Å². The average Bonchev–Trinajstić information content (AvgIpc) is 2.92. The minimum atomic E-state index is -0.169. The Labute approximate surface area is 119 Å². The third-order valence-electron chi connectivity index (χ3n) is 4.60. The topological polar surface area (TPSA) is 24.7 Å². The van der Waals surface area contributed by atoms with E-state index in [-0.39, 0.29) is 5.82 Å². The Morgan fingerprint density at radius 1 is 1.20 bits per heavy atom. The van der Waals surface area contributed by atoms with Crippen LogP contribution in [0.2, 0.25) is 0 Å². The second-order valence-corrected chi connectivity index (χ2v) is 6.08. The van der Waals surface area contributed by atoms with E-state index in [1.165, 1.54) is 37.5 Å². The quantitative estimate of drug-likeness (QED) is 0.772. The lowest BCUT2D eigenvalue weighted by molar-refractivity contribution is 0.323. The lowest BCUT2D eigenvalue weighted by atomic mass is 9.78. The first-order chi connectivity index (χ1) is 9.65. The molecule has 1 aliphatic carbocycles. The fourth-order valence-corrected chi connectivity index (χ4v) is 3.31. The van der Waals surface area contributed by atoms with Gasteiger partial charge in [0.2, 0.25) is 0 Å². The lowest BCUT2D eigenvalue weighted by Crippen LogP contribution is -2.26. The van der Waals surface area contributed by atoms with E-state index in [2.05, 4.69) is 11.9 Å². The number of benzene rings is 1. The summed E-state index contributed by atoms with van der Waals surface area (Å²) >= 11 is 0. The third-order valence-corrected chi connectivity index (χ3v) is 4.60. The van der Waals surface area contributed by atoms with Gasteiger partial charge in [-0.25, -0.2) is 9.38 Å². The summed E-state index contributed by atoms with van der Waals surface area (Å²) in [7, 11) is 0. The Hall–Kier alpha value is -1.51. The number of rotatable bonds is 2. The normalized spacial score (nSPS) is 26.4. The molecule has 3 heteroatoms. The number of aliphatic imine (C=N–C) groups is 2. The summed E-state index contributed by atoms with van der Waals surface area (Å²) in [4.78, 5) is 9.31. The molecular weight excluding hydrogens is 251 g/mol. The second kappa shape index (κ2) is 5.47. The van der Waals surface area contributed by atoms with Crippen molar-refractivity contribution in [3.63, 3.8) is 0 Å². The molecule has 2 atom stereocenters. The first kappa shape index (κ1) is 13.5. The van der Waals surface area contributed by atoms with Crippen molar-refractivity contribution in [1.82, 2.24) is 0 Å². The summed E-state index contributed by atoms with van der Waals surface area (Å²) in [5.41, 5.74) is 2.82. The molecular formula is C17H21FN2. The van der Waals surface area contributed by atoms with E-state index in [0.717, 1.165) is 17.9 Å². The fraction of sp³-hybridized carbons (Fsp3) is 0.529. The van der Waals surface area contributed by atoms with Gasteiger partial charge in [-0.1, -0.05) is 26.2 Å². The summed E-state index contributed by atoms with van der Waals surface area (Å²) in [5, 5.41) is 0. The maximum Gasteiger partial charge on any atom is 0.154 e. The van der Waals surface area contributed by atoms with Gasteiger partial charge in [0.05, 0.1) is 6.54 Å². The number of amidine groups is 1. The highest BCUT2D eigenvalue weighted by atomic mass is 19.1. The lowest BCUT2D eigenvalue weighted by Gasteiger charge is -2.28. The molecule has 1 fully saturated rings. The van der Waals surface area contributed by atoms with Crippen molar-refractivity contribution < 1.29 is 4.39 Å². The van der Waals surface area contributed by atoms with E-state index in [1.54, 1.807) is 13.0 Å². The monoisotopic (exact) mass is 272 g/mol. The number of aryl methyl sites for hydroxylation is 1. The third kappa shape index (κ3) is 2.54. The van der Waals surface area contributed by atoms with Crippen LogP contribution >= 0.6 is 0 Å². The zero-order valence-electron chi connectivity index (χ0n) is 12.2. The highest BCUT2D eigenvalue weighted by Gasteiger charge is 2.28. The molecule has 0 saturated heterocycles. The fourth-order valence-electron chi connectivity index (χ4n) is 3.31. The summed E-state index contributed by atoms with van der Waals surface area (Å²) in [6.07, 6.45) is 5.19. The molecule has 2 aliphatic rings. The molecule has 0 N–H and O–H groups in total. The van der Waals surface area contributed by atoms with E-state index in [0.29, 0.717) is 17.4 Å². The molecule has 106 valence electrons. The number of halogens is 1. The molecule has 0 amide bonds. The summed E-state index contributed by atoms with van der Waals surface area (Å²) in [6, 6.07) is 5.12. The highest BCUT2D eigenvalue weighted by molar-refractivity contribution is 6.12. The molecule has 1 aromatic rings. The van der Waals surface area contributed by atoms with Crippen LogP contribution in [0.1, 0.15) is 43.7 Å². The number of hydrogen-bond donors (Lipinski definition) is 0. The Morgan fingerprint density at radius 2 is 2.00 bits per heavy atom. The van der Waals surface area contributed by atoms with Crippen molar-refractivity contribution in [2.45, 2.75) is 39.5 Å². The van der Waals surface area contributed by atoms with Crippen molar-refractivity contribution in [2.24, 2.45) is 21.8 Å². The van der Waals surface area contributed by atoms with Gasteiger partial charge in [-0.05, 0) is 43.0 Å². The molecule has 0 radical (unpaired) electrons. The maximum absolute atomic E-state index is 13.3. The van der Waals surface area contributed by atoms with Gasteiger partial charge in [0.1, 0.15) is 5.82 Å². The minimum Gasteiger partial charge on any atom is -0.260 e. The van der Waals surface area contributed by atoms with Crippen molar-refractivity contribution in [3.05, 3.63) is 35.1 Å². The van der Waals surface area contributed by atoms with Crippen LogP contribution in [0.5, 0.6) is 0 Å². The van der Waals surface area contributed by atoms with E-state index >= 15 is 0 Å². The first-order valence-corrected chi connectivity index (χ1v) is 7.53. The van der Waals surface area contributed by atoms with Crippen LogP contribution < -0.4 is 0 Å². The van der Waals surface area contributed by atoms with Gasteiger partial charge in [0, 0.05) is 17.2 Å². The molecule has 1 aromatic carbocycles. The van der Waals surface area contributed by atoms with Gasteiger partial charge in [-0.3, -0.25) is 4.99 Å². The van der Waals surface area contributed by atoms with Crippen LogP contribution in [0.4, 0.5) is 4.39 Å². The van der Waals surface area contributed by atoms with Crippen molar-refractivity contribution in [2.75, 3.05) is 6.54 Å². The predicted molar refractivity (Wildman–Crippen MR) is 81.1 cm³/mol. The van der Waals surface area contributed by atoms with Crippen molar-refractivity contribution in [1.29, 1.82) is 0 Å². The number of nitrogens with zero attached hydrogens (tertiary/aromatic N) is 2. The molecule has 1 heterocycles. The van der Waals surface area contributed by atoms with Gasteiger partial charge in [-0.2, -0.15) is 0 Å². The van der Waals surface area contributed by atoms with Gasteiger partial charge in [0.15, 0.2) is 5.84 Å². The molecule has 1 saturated carbocycles. The van der Waals surface area contributed by atoms with Crippen LogP contribution in [0.15, 0.2) is 28.2 Å². The molecule has 1 aliphatic heterocycles. The first-order valence-electron chi connectivity index (χ1n) is 7.53. The Balaban J connectivity index is 1.81. The SMILES string of the molecule is Cc1cc(C2=NCC(C3CCCCC3C)=N2)ccc1F. The largest absolute Gasteiger partial charge is 0.260 e. The smallest absolute Gasteiger partial charge is 0.154 e. The summed E-state index contributed by atoms with van der Waals surface area (Å²) in [6.45, 7) is 4.83. The highest BCUT2D eigenvalue weighted by Crippen LogP contribution is 2.32. The zero-order valence-corrected chi connectivity index (χ0v) is 12.2. The number of hydrogen-bond acceptors (Lipinski definition) is 2. The Kier molecular flexibility index (Phi) is 3.68. The van der Waals surface area contributed by atoms with Gasteiger partial charge >= 0.3 is 0 Å². The molecule has 2 nitrogen and oxygen atoms in total. The van der Waals surface area contributed by atoms with Crippen LogP contribution in [-0.2, 0) is 0 Å². The second-order valence-electron chi connectivity index (χ2n) is 6.08. The molecule has 2 unspecified atom stereocenters. The van der Waals surface area contributed by atoms with Crippen LogP contribution in [0, 0.1) is 24.6 Å². The van der Waals surface area contributed by atoms with Crippen LogP contribution in [-0.4, -0.2) is 18.1 Å². The predicted octanol–water partition coefficient (Wildman–Crippen LogP) is 4.16. The van der Waals surface area contributed by atoms with Crippen molar-refractivity contribution in [3.8, 4) is 0 Å². The maximum atomic E-state index is 13.3. The van der Waals surface area contributed by atoms with Crippen molar-refractivity contribution >= 4 is 11.5 Å². The Bertz CT molecular complexity index is 574. The van der Waals surface area contributed by atoms with Crippen LogP contribution in [0.3, 0.4) is 0 Å². The molecule has 3 rings (SSSR count). The van der Waals surface area contributed by atoms with E-state index in [9.17, 15) is 4.39 Å². The molecule has 0 aromatic heterocycles. The molecule has 0 bridgehead atoms. The van der Waals surface area contributed by atoms with Crippen LogP contribution in [0.25, 0.3) is 0 Å².